The lowest BCUT2D eigenvalue weighted by molar-refractivity contribution is -0.483. The number of ether oxygens (including phenoxy) is 1. The summed E-state index contributed by atoms with van der Waals surface area (Å²) >= 11 is 0. The Morgan fingerprint density at radius 2 is 1.81 bits per heavy atom. The summed E-state index contributed by atoms with van der Waals surface area (Å²) in [5.41, 5.74) is -0.198. The molecule has 2 atom stereocenters. The largest absolute Gasteiger partial charge is 0.451 e. The van der Waals surface area contributed by atoms with Gasteiger partial charge in [-0.1, -0.05) is 24.3 Å². The van der Waals surface area contributed by atoms with Crippen LogP contribution in [0.3, 0.4) is 0 Å². The van der Waals surface area contributed by atoms with Crippen molar-refractivity contribution in [2.24, 2.45) is 0 Å². The van der Waals surface area contributed by atoms with E-state index >= 15 is 0 Å². The lowest BCUT2D eigenvalue weighted by Gasteiger charge is -2.23. The average molecular weight is 398 g/mol. The van der Waals surface area contributed by atoms with Gasteiger partial charge >= 0.3 is 0 Å². The minimum Gasteiger partial charge on any atom is -0.451 e. The molecule has 2 aromatic rings. The summed E-state index contributed by atoms with van der Waals surface area (Å²) in [6.45, 7) is 4.29. The summed E-state index contributed by atoms with van der Waals surface area (Å²) in [6.07, 6.45) is 0. The van der Waals surface area contributed by atoms with Gasteiger partial charge in [-0.15, -0.1) is 0 Å². The summed E-state index contributed by atoms with van der Waals surface area (Å²) in [7, 11) is -1.70. The van der Waals surface area contributed by atoms with Crippen LogP contribution in [-0.2, 0) is 11.0 Å². The highest BCUT2D eigenvalue weighted by Crippen LogP contribution is 2.32. The Hall–Kier alpha value is -2.39. The maximum absolute atomic E-state index is 14.9. The first-order valence-corrected chi connectivity index (χ1v) is 9.25. The van der Waals surface area contributed by atoms with E-state index in [0.29, 0.717) is 0 Å². The Kier molecular flexibility index (Phi) is 6.61. The third-order valence-corrected chi connectivity index (χ3v) is 5.17. The molecule has 6 nitrogen and oxygen atoms in total. The van der Waals surface area contributed by atoms with Crippen LogP contribution in [0, 0.1) is 21.7 Å². The monoisotopic (exact) mass is 398 g/mol. The number of para-hydroxylation sites is 1. The Balaban J connectivity index is 2.42. The van der Waals surface area contributed by atoms with E-state index in [1.54, 1.807) is 39.0 Å². The van der Waals surface area contributed by atoms with Gasteiger partial charge in [-0.3, -0.25) is 10.1 Å². The highest BCUT2D eigenvalue weighted by molar-refractivity contribution is 7.84. The third-order valence-electron chi connectivity index (χ3n) is 3.55. The van der Waals surface area contributed by atoms with E-state index in [2.05, 4.69) is 4.72 Å². The smallest absolute Gasteiger partial charge is 0.224 e. The molecule has 146 valence electrons. The van der Waals surface area contributed by atoms with Crippen LogP contribution in [-0.4, -0.2) is 20.4 Å². The fraction of sp³-hybridized carbons (Fsp3) is 0.333. The topological polar surface area (TPSA) is 81.5 Å². The first-order valence-electron chi connectivity index (χ1n) is 8.10. The van der Waals surface area contributed by atoms with Crippen LogP contribution in [0.4, 0.5) is 8.78 Å². The number of nitro groups is 1. The minimum atomic E-state index is -1.70. The maximum atomic E-state index is 14.9. The summed E-state index contributed by atoms with van der Waals surface area (Å²) in [4.78, 5) is 10.4. The molecule has 1 N–H and O–H groups in total. The molecule has 0 aliphatic rings. The summed E-state index contributed by atoms with van der Waals surface area (Å²) in [5.74, 6) is -2.49. The second-order valence-corrected chi connectivity index (χ2v) is 8.76. The molecule has 2 aromatic carbocycles. The van der Waals surface area contributed by atoms with Crippen LogP contribution in [0.15, 0.2) is 42.5 Å². The molecule has 2 unspecified atom stereocenters. The molecule has 0 saturated heterocycles. The lowest BCUT2D eigenvalue weighted by Crippen LogP contribution is -2.38. The van der Waals surface area contributed by atoms with Crippen LogP contribution < -0.4 is 9.46 Å². The molecule has 0 radical (unpaired) electrons. The maximum Gasteiger partial charge on any atom is 0.224 e. The predicted octanol–water partition coefficient (Wildman–Crippen LogP) is 4.13. The van der Waals surface area contributed by atoms with Gasteiger partial charge in [-0.25, -0.2) is 17.7 Å². The minimum absolute atomic E-state index is 0.198. The van der Waals surface area contributed by atoms with E-state index in [1.165, 1.54) is 12.1 Å². The van der Waals surface area contributed by atoms with E-state index in [1.807, 2.05) is 0 Å². The molecule has 27 heavy (non-hydrogen) atoms. The van der Waals surface area contributed by atoms with Gasteiger partial charge in [0.1, 0.15) is 11.8 Å². The quantitative estimate of drug-likeness (QED) is 0.562. The van der Waals surface area contributed by atoms with E-state index in [4.69, 9.17) is 4.74 Å². The molecule has 0 aliphatic heterocycles. The van der Waals surface area contributed by atoms with Crippen LogP contribution in [0.25, 0.3) is 0 Å². The van der Waals surface area contributed by atoms with Crippen molar-refractivity contribution in [3.8, 4) is 11.5 Å². The fourth-order valence-corrected chi connectivity index (χ4v) is 2.98. The van der Waals surface area contributed by atoms with Crippen molar-refractivity contribution in [3.63, 3.8) is 0 Å². The third kappa shape index (κ3) is 5.54. The van der Waals surface area contributed by atoms with E-state index in [-0.39, 0.29) is 11.3 Å². The van der Waals surface area contributed by atoms with Gasteiger partial charge in [-0.2, -0.15) is 0 Å². The van der Waals surface area contributed by atoms with Crippen molar-refractivity contribution in [1.29, 1.82) is 0 Å². The van der Waals surface area contributed by atoms with Gasteiger partial charge in [0.15, 0.2) is 17.4 Å². The second kappa shape index (κ2) is 8.53. The summed E-state index contributed by atoms with van der Waals surface area (Å²) in [6, 6.07) is 8.86. The number of halogens is 2. The molecule has 0 aliphatic carbocycles. The zero-order valence-electron chi connectivity index (χ0n) is 15.1. The summed E-state index contributed by atoms with van der Waals surface area (Å²) < 4.78 is 48.5. The Labute approximate surface area is 158 Å². The number of nitrogens with zero attached hydrogens (tertiary/aromatic N) is 1. The zero-order chi connectivity index (χ0) is 20.2. The van der Waals surface area contributed by atoms with Crippen molar-refractivity contribution in [3.05, 3.63) is 69.8 Å². The van der Waals surface area contributed by atoms with E-state index in [0.717, 1.165) is 12.1 Å². The highest BCUT2D eigenvalue weighted by atomic mass is 32.2. The molecular formula is C18H20F2N2O4S. The highest BCUT2D eigenvalue weighted by Gasteiger charge is 2.30. The standard InChI is InChI=1S/C18H20F2N2O4S/c1-18(2,3)27(25)21-15(11-22(23)24)13-9-10-14(19)17(16(13)20)26-12-7-5-4-6-8-12/h4-10,15,21H,11H2,1-3H3. The van der Waals surface area contributed by atoms with E-state index in [9.17, 15) is 23.1 Å². The molecule has 0 saturated carbocycles. The number of hydrogen-bond donors (Lipinski definition) is 1. The Morgan fingerprint density at radius 3 is 2.37 bits per heavy atom. The number of hydrogen-bond acceptors (Lipinski definition) is 4. The molecular weight excluding hydrogens is 378 g/mol. The van der Waals surface area contributed by atoms with Gasteiger partial charge in [0.05, 0.1) is 15.7 Å². The van der Waals surface area contributed by atoms with Crippen molar-refractivity contribution in [2.75, 3.05) is 6.54 Å². The molecule has 9 heteroatoms. The number of nitrogens with one attached hydrogen (secondary N) is 1. The average Bonchev–Trinajstić information content (AvgIpc) is 2.58. The number of rotatable bonds is 7. The molecule has 0 bridgehead atoms. The second-order valence-electron chi connectivity index (χ2n) is 6.76. The molecule has 0 amide bonds. The van der Waals surface area contributed by atoms with Crippen molar-refractivity contribution < 1.29 is 22.6 Å². The Bertz CT molecular complexity index is 841. The fourth-order valence-electron chi connectivity index (χ4n) is 2.17. The van der Waals surface area contributed by atoms with Crippen molar-refractivity contribution in [2.45, 2.75) is 31.6 Å². The zero-order valence-corrected chi connectivity index (χ0v) is 15.9. The first kappa shape index (κ1) is 20.9. The molecule has 0 aromatic heterocycles. The normalized spacial score (nSPS) is 13.8. The lowest BCUT2D eigenvalue weighted by atomic mass is 10.1. The Morgan fingerprint density at radius 1 is 1.19 bits per heavy atom. The molecule has 0 fully saturated rings. The van der Waals surface area contributed by atoms with Crippen LogP contribution >= 0.6 is 0 Å². The van der Waals surface area contributed by atoms with Crippen molar-refractivity contribution in [1.82, 2.24) is 4.72 Å². The molecule has 2 rings (SSSR count). The van der Waals surface area contributed by atoms with Gasteiger partial charge in [0, 0.05) is 10.5 Å². The van der Waals surface area contributed by atoms with Crippen LogP contribution in [0.1, 0.15) is 32.4 Å². The van der Waals surface area contributed by atoms with Gasteiger partial charge in [0.2, 0.25) is 6.54 Å². The van der Waals surface area contributed by atoms with Crippen LogP contribution in [0.2, 0.25) is 0 Å². The van der Waals surface area contributed by atoms with Gasteiger partial charge in [0.25, 0.3) is 0 Å². The molecule has 0 heterocycles. The van der Waals surface area contributed by atoms with Crippen LogP contribution in [0.5, 0.6) is 11.5 Å². The van der Waals surface area contributed by atoms with Crippen molar-refractivity contribution >= 4 is 11.0 Å². The van der Waals surface area contributed by atoms with Gasteiger partial charge < -0.3 is 4.74 Å². The molecule has 0 spiro atoms. The number of benzene rings is 2. The summed E-state index contributed by atoms with van der Waals surface area (Å²) in [5, 5.41) is 11.0. The SMILES string of the molecule is CC(C)(C)S(=O)NC(C[N+](=O)[O-])c1ccc(F)c(Oc2ccccc2)c1F. The van der Waals surface area contributed by atoms with E-state index < -0.39 is 50.6 Å². The predicted molar refractivity (Wildman–Crippen MR) is 98.5 cm³/mol. The van der Waals surface area contributed by atoms with Gasteiger partial charge in [-0.05, 0) is 39.0 Å². The first-order chi connectivity index (χ1) is 12.6.